The van der Waals surface area contributed by atoms with E-state index in [-0.39, 0.29) is 11.8 Å². The predicted molar refractivity (Wildman–Crippen MR) is 109 cm³/mol. The first-order valence-corrected chi connectivity index (χ1v) is 9.43. The fourth-order valence-corrected chi connectivity index (χ4v) is 3.68. The van der Waals surface area contributed by atoms with Crippen LogP contribution in [0.25, 0.3) is 10.8 Å². The van der Waals surface area contributed by atoms with E-state index in [0.29, 0.717) is 19.6 Å². The van der Waals surface area contributed by atoms with Gasteiger partial charge in [0.1, 0.15) is 11.8 Å². The molecule has 28 heavy (non-hydrogen) atoms. The summed E-state index contributed by atoms with van der Waals surface area (Å²) in [6, 6.07) is 21.1. The van der Waals surface area contributed by atoms with E-state index in [4.69, 9.17) is 4.74 Å². The van der Waals surface area contributed by atoms with Crippen LogP contribution < -0.4 is 15.0 Å². The van der Waals surface area contributed by atoms with E-state index in [2.05, 4.69) is 17.4 Å². The lowest BCUT2D eigenvalue weighted by molar-refractivity contribution is -0.126. The zero-order valence-electron chi connectivity index (χ0n) is 15.7. The van der Waals surface area contributed by atoms with Crippen molar-refractivity contribution in [2.45, 2.75) is 19.4 Å². The van der Waals surface area contributed by atoms with Crippen molar-refractivity contribution in [3.8, 4) is 5.75 Å². The van der Waals surface area contributed by atoms with Gasteiger partial charge in [-0.15, -0.1) is 0 Å². The standard InChI is InChI=1S/C23H22N2O3/c1-16(26)24-22-19-11-4-5-12-20(19)25(23(22)27)14-7-15-28-21-13-6-9-17-8-2-3-10-18(17)21/h2-6,8-13,22H,7,14-15H2,1H3,(H,24,26). The number of nitrogens with zero attached hydrogens (tertiary/aromatic N) is 1. The first kappa shape index (κ1) is 18.0. The number of anilines is 1. The number of hydrogen-bond acceptors (Lipinski definition) is 3. The molecule has 0 radical (unpaired) electrons. The number of fused-ring (bicyclic) bond motifs is 2. The van der Waals surface area contributed by atoms with Crippen molar-refractivity contribution < 1.29 is 14.3 Å². The second-order valence-electron chi connectivity index (χ2n) is 6.86. The van der Waals surface area contributed by atoms with Gasteiger partial charge in [-0.2, -0.15) is 0 Å². The van der Waals surface area contributed by atoms with E-state index in [1.54, 1.807) is 4.90 Å². The van der Waals surface area contributed by atoms with Gasteiger partial charge in [0.25, 0.3) is 5.91 Å². The van der Waals surface area contributed by atoms with Crippen LogP contribution in [0.1, 0.15) is 24.9 Å². The smallest absolute Gasteiger partial charge is 0.254 e. The third-order valence-electron chi connectivity index (χ3n) is 4.93. The highest BCUT2D eigenvalue weighted by Crippen LogP contribution is 2.35. The largest absolute Gasteiger partial charge is 0.493 e. The van der Waals surface area contributed by atoms with Gasteiger partial charge in [0.15, 0.2) is 0 Å². The summed E-state index contributed by atoms with van der Waals surface area (Å²) < 4.78 is 5.99. The van der Waals surface area contributed by atoms with Gasteiger partial charge in [0.2, 0.25) is 5.91 Å². The Morgan fingerprint density at radius 2 is 1.79 bits per heavy atom. The van der Waals surface area contributed by atoms with Gasteiger partial charge in [-0.3, -0.25) is 9.59 Å². The molecule has 0 fully saturated rings. The quantitative estimate of drug-likeness (QED) is 0.667. The first-order chi connectivity index (χ1) is 13.6. The minimum atomic E-state index is -0.604. The second-order valence-corrected chi connectivity index (χ2v) is 6.86. The van der Waals surface area contributed by atoms with E-state index in [1.807, 2.05) is 54.6 Å². The average molecular weight is 374 g/mol. The number of para-hydroxylation sites is 1. The van der Waals surface area contributed by atoms with Crippen molar-refractivity contribution >= 4 is 28.3 Å². The lowest BCUT2D eigenvalue weighted by Crippen LogP contribution is -2.37. The van der Waals surface area contributed by atoms with Crippen molar-refractivity contribution in [3.05, 3.63) is 72.3 Å². The van der Waals surface area contributed by atoms with Gasteiger partial charge >= 0.3 is 0 Å². The molecular weight excluding hydrogens is 352 g/mol. The number of carbonyl (C=O) groups is 2. The minimum absolute atomic E-state index is 0.0958. The molecule has 1 unspecified atom stereocenters. The second kappa shape index (κ2) is 7.72. The molecule has 0 bridgehead atoms. The van der Waals surface area contributed by atoms with Crippen LogP contribution in [-0.2, 0) is 9.59 Å². The summed E-state index contributed by atoms with van der Waals surface area (Å²) in [5.74, 6) is 0.540. The number of hydrogen-bond donors (Lipinski definition) is 1. The number of rotatable bonds is 6. The summed E-state index contributed by atoms with van der Waals surface area (Å²) in [5, 5.41) is 4.97. The van der Waals surface area contributed by atoms with Crippen LogP contribution in [0, 0.1) is 0 Å². The molecule has 142 valence electrons. The zero-order chi connectivity index (χ0) is 19.5. The Hall–Kier alpha value is -3.34. The van der Waals surface area contributed by atoms with Crippen molar-refractivity contribution in [2.75, 3.05) is 18.1 Å². The predicted octanol–water partition coefficient (Wildman–Crippen LogP) is 3.83. The Kier molecular flexibility index (Phi) is 4.98. The Morgan fingerprint density at radius 3 is 2.64 bits per heavy atom. The summed E-state index contributed by atoms with van der Waals surface area (Å²) in [6.07, 6.45) is 0.691. The van der Waals surface area contributed by atoms with E-state index in [1.165, 1.54) is 6.92 Å². The highest BCUT2D eigenvalue weighted by Gasteiger charge is 2.37. The number of carbonyl (C=O) groups excluding carboxylic acids is 2. The first-order valence-electron chi connectivity index (χ1n) is 9.43. The van der Waals surface area contributed by atoms with Crippen molar-refractivity contribution in [1.29, 1.82) is 0 Å². The van der Waals surface area contributed by atoms with Crippen molar-refractivity contribution in [2.24, 2.45) is 0 Å². The Morgan fingerprint density at radius 1 is 1.04 bits per heavy atom. The third kappa shape index (κ3) is 3.43. The Labute approximate surface area is 163 Å². The topological polar surface area (TPSA) is 58.6 Å². The highest BCUT2D eigenvalue weighted by atomic mass is 16.5. The Bertz CT molecular complexity index is 1030. The molecule has 1 aliphatic rings. The molecule has 0 spiro atoms. The van der Waals surface area contributed by atoms with Gasteiger partial charge in [-0.05, 0) is 23.9 Å². The molecule has 5 heteroatoms. The number of ether oxygens (including phenoxy) is 1. The summed E-state index contributed by atoms with van der Waals surface area (Å²) in [7, 11) is 0. The van der Waals surface area contributed by atoms with Crippen LogP contribution in [-0.4, -0.2) is 25.0 Å². The molecule has 3 aromatic carbocycles. The molecule has 1 heterocycles. The number of nitrogens with one attached hydrogen (secondary N) is 1. The van der Waals surface area contributed by atoms with Crippen LogP contribution in [0.15, 0.2) is 66.7 Å². The zero-order valence-corrected chi connectivity index (χ0v) is 15.7. The van der Waals surface area contributed by atoms with Crippen LogP contribution in [0.3, 0.4) is 0 Å². The molecule has 2 amide bonds. The monoisotopic (exact) mass is 374 g/mol. The van der Waals surface area contributed by atoms with Gasteiger partial charge in [0, 0.05) is 30.1 Å². The van der Waals surface area contributed by atoms with Gasteiger partial charge in [-0.1, -0.05) is 54.6 Å². The molecule has 0 aromatic heterocycles. The number of benzene rings is 3. The maximum atomic E-state index is 12.8. The van der Waals surface area contributed by atoms with E-state index < -0.39 is 6.04 Å². The normalized spacial score (nSPS) is 15.5. The molecule has 1 N–H and O–H groups in total. The molecular formula is C23H22N2O3. The van der Waals surface area contributed by atoms with Crippen molar-refractivity contribution in [3.63, 3.8) is 0 Å². The van der Waals surface area contributed by atoms with Gasteiger partial charge < -0.3 is 15.0 Å². The molecule has 5 nitrogen and oxygen atoms in total. The lowest BCUT2D eigenvalue weighted by atomic mass is 10.1. The van der Waals surface area contributed by atoms with E-state index >= 15 is 0 Å². The summed E-state index contributed by atoms with van der Waals surface area (Å²) in [4.78, 5) is 26.0. The van der Waals surface area contributed by atoms with Crippen LogP contribution in [0.2, 0.25) is 0 Å². The third-order valence-corrected chi connectivity index (χ3v) is 4.93. The molecule has 1 atom stereocenters. The van der Waals surface area contributed by atoms with Gasteiger partial charge in [-0.25, -0.2) is 0 Å². The minimum Gasteiger partial charge on any atom is -0.493 e. The van der Waals surface area contributed by atoms with E-state index in [9.17, 15) is 9.59 Å². The van der Waals surface area contributed by atoms with Crippen LogP contribution >= 0.6 is 0 Å². The SMILES string of the molecule is CC(=O)NC1C(=O)N(CCCOc2cccc3ccccc23)c2ccccc21. The summed E-state index contributed by atoms with van der Waals surface area (Å²) in [6.45, 7) is 2.47. The fourth-order valence-electron chi connectivity index (χ4n) is 3.68. The molecule has 1 aliphatic heterocycles. The maximum absolute atomic E-state index is 12.8. The molecule has 0 saturated carbocycles. The molecule has 0 aliphatic carbocycles. The number of amides is 2. The lowest BCUT2D eigenvalue weighted by Gasteiger charge is -2.18. The molecule has 3 aromatic rings. The molecule has 0 saturated heterocycles. The van der Waals surface area contributed by atoms with Crippen LogP contribution in [0.5, 0.6) is 5.75 Å². The molecule has 4 rings (SSSR count). The van der Waals surface area contributed by atoms with E-state index in [0.717, 1.165) is 27.8 Å². The summed E-state index contributed by atoms with van der Waals surface area (Å²) in [5.41, 5.74) is 1.70. The highest BCUT2D eigenvalue weighted by molar-refractivity contribution is 6.06. The average Bonchev–Trinajstić information content (AvgIpc) is 2.96. The summed E-state index contributed by atoms with van der Waals surface area (Å²) >= 11 is 0. The Balaban J connectivity index is 1.42. The fraction of sp³-hybridized carbons (Fsp3) is 0.217. The van der Waals surface area contributed by atoms with Gasteiger partial charge in [0.05, 0.1) is 6.61 Å². The van der Waals surface area contributed by atoms with Crippen molar-refractivity contribution in [1.82, 2.24) is 5.32 Å². The maximum Gasteiger partial charge on any atom is 0.254 e. The van der Waals surface area contributed by atoms with Crippen LogP contribution in [0.4, 0.5) is 5.69 Å².